The molecule has 180 valence electrons. The number of aliphatic hydroxyl groups is 1. The third-order valence-electron chi connectivity index (χ3n) is 5.23. The van der Waals surface area contributed by atoms with Crippen molar-refractivity contribution in [2.45, 2.75) is 12.2 Å². The van der Waals surface area contributed by atoms with E-state index in [0.717, 1.165) is 22.4 Å². The number of ether oxygens (including phenoxy) is 1. The predicted molar refractivity (Wildman–Crippen MR) is 139 cm³/mol. The molecule has 1 aromatic heterocycles. The van der Waals surface area contributed by atoms with Gasteiger partial charge in [0.1, 0.15) is 6.10 Å². The number of hydrogen-bond donors (Lipinski definition) is 4. The Morgan fingerprint density at radius 3 is 2.57 bits per heavy atom. The van der Waals surface area contributed by atoms with Crippen LogP contribution in [0.3, 0.4) is 0 Å². The van der Waals surface area contributed by atoms with Crippen LogP contribution in [0, 0.1) is 11.3 Å². The fourth-order valence-electron chi connectivity index (χ4n) is 3.38. The number of pyridine rings is 1. The summed E-state index contributed by atoms with van der Waals surface area (Å²) in [6.45, 7) is 1.55. The summed E-state index contributed by atoms with van der Waals surface area (Å²) in [4.78, 5) is 8.37. The Morgan fingerprint density at radius 2 is 1.97 bits per heavy atom. The van der Waals surface area contributed by atoms with Crippen molar-refractivity contribution in [1.29, 1.82) is 5.26 Å². The van der Waals surface area contributed by atoms with E-state index in [9.17, 15) is 5.11 Å². The minimum absolute atomic E-state index is 0.115. The molecule has 5 N–H and O–H groups in total. The molecule has 0 saturated carbocycles. The van der Waals surface area contributed by atoms with Crippen LogP contribution in [0.5, 0.6) is 5.88 Å². The maximum atomic E-state index is 10.3. The first-order valence-corrected chi connectivity index (χ1v) is 11.3. The fourth-order valence-corrected chi connectivity index (χ4v) is 3.38. The molecule has 0 saturated heterocycles. The molecule has 0 radical (unpaired) electrons. The van der Waals surface area contributed by atoms with E-state index < -0.39 is 6.10 Å². The Balaban J connectivity index is 0.000000497. The first-order chi connectivity index (χ1) is 17.1. The summed E-state index contributed by atoms with van der Waals surface area (Å²) in [5, 5.41) is 25.7. The second kappa shape index (κ2) is 13.5. The van der Waals surface area contributed by atoms with Crippen LogP contribution in [0.15, 0.2) is 84.1 Å². The molecule has 0 amide bonds. The highest BCUT2D eigenvalue weighted by atomic mass is 16.5. The largest absolute Gasteiger partial charge is 0.470 e. The smallest absolute Gasteiger partial charge is 0.237 e. The Kier molecular flexibility index (Phi) is 9.81. The number of rotatable bonds is 7. The second-order valence-corrected chi connectivity index (χ2v) is 7.77. The quantitative estimate of drug-likeness (QED) is 0.391. The Labute approximate surface area is 205 Å². The summed E-state index contributed by atoms with van der Waals surface area (Å²) in [7, 11) is 1.69. The van der Waals surface area contributed by atoms with E-state index in [-0.39, 0.29) is 6.10 Å². The molecule has 2 atom stereocenters. The number of nitrogens with one attached hydrogen (secondary N) is 2. The van der Waals surface area contributed by atoms with Gasteiger partial charge in [0.15, 0.2) is 0 Å². The molecule has 2 aromatic carbocycles. The average molecular weight is 471 g/mol. The third-order valence-corrected chi connectivity index (χ3v) is 5.23. The standard InChI is InChI=1S/C21H24N6O2.C6H6/c1-24-9-17(8-23)16-6-19-21(27-10-16)29-18(12-26-19)11-25-13-20(28)15-4-2-14(7-22)3-5-15;1-2-4-6-5-3-1/h2-6,8-10,18,20,25-26,28H,11-13,23H2,1H3;1-6H/b17-8+,24-9?;. The highest BCUT2D eigenvalue weighted by Crippen LogP contribution is 2.29. The van der Waals surface area contributed by atoms with E-state index in [4.69, 9.17) is 15.7 Å². The second-order valence-electron chi connectivity index (χ2n) is 7.77. The Hall–Kier alpha value is -4.19. The topological polar surface area (TPSA) is 129 Å². The molecule has 0 bridgehead atoms. The molecule has 2 heterocycles. The highest BCUT2D eigenvalue weighted by molar-refractivity contribution is 6.09. The summed E-state index contributed by atoms with van der Waals surface area (Å²) in [5.74, 6) is 0.532. The molecule has 8 heteroatoms. The van der Waals surface area contributed by atoms with E-state index in [1.165, 1.54) is 6.20 Å². The van der Waals surface area contributed by atoms with Crippen molar-refractivity contribution in [2.75, 3.05) is 32.0 Å². The van der Waals surface area contributed by atoms with Crippen molar-refractivity contribution < 1.29 is 9.84 Å². The molecule has 1 aliphatic rings. The molecular weight excluding hydrogens is 440 g/mol. The molecule has 8 nitrogen and oxygen atoms in total. The monoisotopic (exact) mass is 470 g/mol. The lowest BCUT2D eigenvalue weighted by atomic mass is 10.1. The van der Waals surface area contributed by atoms with Gasteiger partial charge < -0.3 is 26.2 Å². The van der Waals surface area contributed by atoms with Crippen molar-refractivity contribution in [2.24, 2.45) is 10.7 Å². The SMILES string of the molecule is CN=C/C(=C\N)c1cnc2c(c1)NCC(CNCC(O)c1ccc(C#N)cc1)O2.c1ccccc1. The number of benzene rings is 2. The predicted octanol–water partition coefficient (Wildman–Crippen LogP) is 3.14. The average Bonchev–Trinajstić information content (AvgIpc) is 2.92. The van der Waals surface area contributed by atoms with Crippen molar-refractivity contribution in [3.63, 3.8) is 0 Å². The zero-order valence-corrected chi connectivity index (χ0v) is 19.6. The Bertz CT molecular complexity index is 1130. The molecule has 3 aromatic rings. The van der Waals surface area contributed by atoms with Crippen molar-refractivity contribution in [3.05, 3.63) is 95.8 Å². The zero-order chi connectivity index (χ0) is 24.9. The molecule has 2 unspecified atom stereocenters. The van der Waals surface area contributed by atoms with Gasteiger partial charge in [-0.2, -0.15) is 5.26 Å². The van der Waals surface area contributed by atoms with Gasteiger partial charge in [-0.25, -0.2) is 4.98 Å². The fraction of sp³-hybridized carbons (Fsp3) is 0.222. The van der Waals surface area contributed by atoms with E-state index in [1.807, 2.05) is 42.5 Å². The van der Waals surface area contributed by atoms with Crippen LogP contribution in [0.2, 0.25) is 0 Å². The van der Waals surface area contributed by atoms with Crippen LogP contribution >= 0.6 is 0 Å². The lowest BCUT2D eigenvalue weighted by molar-refractivity contribution is 0.156. The minimum atomic E-state index is -0.658. The van der Waals surface area contributed by atoms with Gasteiger partial charge in [0.2, 0.25) is 5.88 Å². The number of aliphatic imine (C=N–C) groups is 1. The van der Waals surface area contributed by atoms with Gasteiger partial charge in [0, 0.05) is 49.9 Å². The molecule has 4 rings (SSSR count). The number of nitrogens with zero attached hydrogens (tertiary/aromatic N) is 3. The van der Waals surface area contributed by atoms with E-state index in [1.54, 1.807) is 43.7 Å². The van der Waals surface area contributed by atoms with Crippen molar-refractivity contribution >= 4 is 17.5 Å². The summed E-state index contributed by atoms with van der Waals surface area (Å²) in [6, 6.07) is 22.9. The molecule has 0 aliphatic carbocycles. The first-order valence-electron chi connectivity index (χ1n) is 11.3. The molecule has 1 aliphatic heterocycles. The van der Waals surface area contributed by atoms with Crippen molar-refractivity contribution in [3.8, 4) is 11.9 Å². The first kappa shape index (κ1) is 25.4. The number of aromatic nitrogens is 1. The van der Waals surface area contributed by atoms with Gasteiger partial charge in [-0.05, 0) is 23.8 Å². The van der Waals surface area contributed by atoms with E-state index in [2.05, 4.69) is 26.7 Å². The normalized spacial score (nSPS) is 15.6. The summed E-state index contributed by atoms with van der Waals surface area (Å²) < 4.78 is 5.94. The number of aliphatic hydroxyl groups excluding tert-OH is 1. The maximum Gasteiger partial charge on any atom is 0.237 e. The molecule has 0 spiro atoms. The van der Waals surface area contributed by atoms with Gasteiger partial charge in [-0.1, -0.05) is 48.5 Å². The minimum Gasteiger partial charge on any atom is -0.470 e. The highest BCUT2D eigenvalue weighted by Gasteiger charge is 2.21. The van der Waals surface area contributed by atoms with Crippen molar-refractivity contribution in [1.82, 2.24) is 10.3 Å². The number of hydrogen-bond acceptors (Lipinski definition) is 8. The third kappa shape index (κ3) is 7.67. The number of nitrogens with two attached hydrogens (primary N) is 1. The number of fused-ring (bicyclic) bond motifs is 1. The lowest BCUT2D eigenvalue weighted by Crippen LogP contribution is -2.40. The summed E-state index contributed by atoms with van der Waals surface area (Å²) in [6.07, 6.45) is 4.10. The van der Waals surface area contributed by atoms with E-state index in [0.29, 0.717) is 31.1 Å². The van der Waals surface area contributed by atoms with Gasteiger partial charge in [0.05, 0.1) is 30.0 Å². The Morgan fingerprint density at radius 1 is 1.29 bits per heavy atom. The molecule has 0 fully saturated rings. The van der Waals surface area contributed by atoms with Crippen LogP contribution < -0.4 is 21.1 Å². The number of allylic oxidation sites excluding steroid dienone is 1. The number of anilines is 1. The van der Waals surface area contributed by atoms with Crippen LogP contribution in [-0.2, 0) is 0 Å². The zero-order valence-electron chi connectivity index (χ0n) is 19.6. The van der Waals surface area contributed by atoms with Crippen LogP contribution in [0.4, 0.5) is 5.69 Å². The lowest BCUT2D eigenvalue weighted by Gasteiger charge is -2.27. The summed E-state index contributed by atoms with van der Waals surface area (Å²) >= 11 is 0. The maximum absolute atomic E-state index is 10.3. The molecular formula is C27H30N6O2. The van der Waals surface area contributed by atoms with Crippen LogP contribution in [0.1, 0.15) is 22.8 Å². The molecule has 35 heavy (non-hydrogen) atoms. The van der Waals surface area contributed by atoms with Crippen LogP contribution in [0.25, 0.3) is 5.57 Å². The van der Waals surface area contributed by atoms with Crippen LogP contribution in [-0.4, -0.2) is 49.1 Å². The number of nitriles is 1. The van der Waals surface area contributed by atoms with Gasteiger partial charge in [-0.3, -0.25) is 4.99 Å². The summed E-state index contributed by atoms with van der Waals surface area (Å²) in [5.41, 5.74) is 9.43. The van der Waals surface area contributed by atoms with E-state index >= 15 is 0 Å². The van der Waals surface area contributed by atoms with Gasteiger partial charge in [-0.15, -0.1) is 0 Å². The van der Waals surface area contributed by atoms with Gasteiger partial charge >= 0.3 is 0 Å². The van der Waals surface area contributed by atoms with Gasteiger partial charge in [0.25, 0.3) is 0 Å².